The molecule has 0 aliphatic heterocycles. The highest BCUT2D eigenvalue weighted by atomic mass is 19.1. The molecule has 0 atom stereocenters. The Kier molecular flexibility index (Phi) is 6.52. The van der Waals surface area contributed by atoms with Gasteiger partial charge >= 0.3 is 5.97 Å². The second kappa shape index (κ2) is 9.45. The fraction of sp³-hybridized carbons (Fsp3) is 0.136. The zero-order valence-electron chi connectivity index (χ0n) is 15.8. The molecule has 6 nitrogen and oxygen atoms in total. The minimum absolute atomic E-state index is 0.250. The summed E-state index contributed by atoms with van der Waals surface area (Å²) in [6.07, 6.45) is 1.99. The van der Waals surface area contributed by atoms with Crippen LogP contribution in [0.1, 0.15) is 26.3 Å². The molecule has 2 N–H and O–H groups in total. The molecule has 3 aromatic rings. The van der Waals surface area contributed by atoms with Crippen LogP contribution in [0.2, 0.25) is 0 Å². The number of ether oxygens (including phenoxy) is 1. The summed E-state index contributed by atoms with van der Waals surface area (Å²) in [5.74, 6) is -0.679. The number of methoxy groups -OCH3 is 1. The molecule has 0 aliphatic rings. The first-order valence-corrected chi connectivity index (χ1v) is 9.00. The van der Waals surface area contributed by atoms with Gasteiger partial charge in [-0.3, -0.25) is 4.79 Å². The Labute approximate surface area is 167 Å². The molecule has 7 heteroatoms. The molecular formula is C22H20FN3O3. The number of esters is 1. The Morgan fingerprint density at radius 3 is 2.62 bits per heavy atom. The van der Waals surface area contributed by atoms with E-state index >= 15 is 0 Å². The van der Waals surface area contributed by atoms with Crippen molar-refractivity contribution < 1.29 is 18.7 Å². The Hall–Kier alpha value is -3.74. The maximum absolute atomic E-state index is 13.7. The minimum Gasteiger partial charge on any atom is -0.465 e. The first-order valence-electron chi connectivity index (χ1n) is 9.00. The minimum atomic E-state index is -0.536. The monoisotopic (exact) mass is 393 g/mol. The number of amides is 1. The van der Waals surface area contributed by atoms with Gasteiger partial charge in [-0.05, 0) is 42.3 Å². The molecule has 1 aromatic heterocycles. The van der Waals surface area contributed by atoms with Crippen LogP contribution in [0.3, 0.4) is 0 Å². The van der Waals surface area contributed by atoms with Crippen LogP contribution in [0.5, 0.6) is 0 Å². The van der Waals surface area contributed by atoms with Crippen LogP contribution in [0.25, 0.3) is 0 Å². The summed E-state index contributed by atoms with van der Waals surface area (Å²) in [4.78, 5) is 28.6. The van der Waals surface area contributed by atoms with Gasteiger partial charge in [0.1, 0.15) is 11.6 Å². The number of hydrogen-bond acceptors (Lipinski definition) is 5. The molecule has 29 heavy (non-hydrogen) atoms. The van der Waals surface area contributed by atoms with E-state index in [0.717, 1.165) is 0 Å². The molecule has 1 amide bonds. The Bertz CT molecular complexity index is 1020. The molecule has 2 aromatic carbocycles. The number of benzene rings is 2. The molecule has 0 bridgehead atoms. The second-order valence-corrected chi connectivity index (χ2v) is 6.19. The topological polar surface area (TPSA) is 80.3 Å². The third-order valence-corrected chi connectivity index (χ3v) is 4.26. The number of nitrogens with zero attached hydrogens (tertiary/aromatic N) is 1. The van der Waals surface area contributed by atoms with Crippen molar-refractivity contribution in [2.45, 2.75) is 6.42 Å². The third-order valence-electron chi connectivity index (χ3n) is 4.26. The average molecular weight is 393 g/mol. The Balaban J connectivity index is 1.66. The molecule has 0 aliphatic carbocycles. The highest BCUT2D eigenvalue weighted by molar-refractivity contribution is 6.08. The summed E-state index contributed by atoms with van der Waals surface area (Å²) in [6, 6.07) is 16.3. The molecule has 3 rings (SSSR count). The molecule has 148 valence electrons. The first-order chi connectivity index (χ1) is 14.1. The molecule has 0 unspecified atom stereocenters. The number of aromatic nitrogens is 1. The van der Waals surface area contributed by atoms with Gasteiger partial charge in [-0.25, -0.2) is 14.2 Å². The van der Waals surface area contributed by atoms with Gasteiger partial charge in [0.05, 0.1) is 18.4 Å². The molecule has 1 heterocycles. The fourth-order valence-corrected chi connectivity index (χ4v) is 2.77. The highest BCUT2D eigenvalue weighted by Crippen LogP contribution is 2.18. The lowest BCUT2D eigenvalue weighted by atomic mass is 10.1. The lowest BCUT2D eigenvalue weighted by molar-refractivity contribution is 0.0602. The zero-order chi connectivity index (χ0) is 20.6. The lowest BCUT2D eigenvalue weighted by Crippen LogP contribution is -2.16. The van der Waals surface area contributed by atoms with Crippen LogP contribution in [0.4, 0.5) is 15.9 Å². The predicted octanol–water partition coefficient (Wildman–Crippen LogP) is 3.91. The maximum atomic E-state index is 13.7. The van der Waals surface area contributed by atoms with Crippen LogP contribution in [0.15, 0.2) is 66.9 Å². The largest absolute Gasteiger partial charge is 0.465 e. The Morgan fingerprint density at radius 1 is 1.07 bits per heavy atom. The van der Waals surface area contributed by atoms with Crippen molar-refractivity contribution in [1.82, 2.24) is 4.98 Å². The van der Waals surface area contributed by atoms with Crippen molar-refractivity contribution in [2.75, 3.05) is 24.3 Å². The van der Waals surface area contributed by atoms with Crippen molar-refractivity contribution in [1.29, 1.82) is 0 Å². The van der Waals surface area contributed by atoms with Crippen molar-refractivity contribution in [3.63, 3.8) is 0 Å². The lowest BCUT2D eigenvalue weighted by Gasteiger charge is -2.11. The van der Waals surface area contributed by atoms with Gasteiger partial charge in [-0.15, -0.1) is 0 Å². The SMILES string of the molecule is COC(=O)c1ccccc1NC(=O)c1ccnc(NCCc2ccccc2F)c1. The number of carbonyl (C=O) groups excluding carboxylic acids is 2. The van der Waals surface area contributed by atoms with Crippen LogP contribution < -0.4 is 10.6 Å². The molecule has 0 radical (unpaired) electrons. The van der Waals surface area contributed by atoms with E-state index in [2.05, 4.69) is 15.6 Å². The molecular weight excluding hydrogens is 373 g/mol. The van der Waals surface area contributed by atoms with Gasteiger partial charge < -0.3 is 15.4 Å². The van der Waals surface area contributed by atoms with Gasteiger partial charge in [-0.2, -0.15) is 0 Å². The average Bonchev–Trinajstić information content (AvgIpc) is 2.75. The summed E-state index contributed by atoms with van der Waals surface area (Å²) in [6.45, 7) is 0.462. The van der Waals surface area contributed by atoms with Crippen molar-refractivity contribution in [2.24, 2.45) is 0 Å². The number of nitrogens with one attached hydrogen (secondary N) is 2. The second-order valence-electron chi connectivity index (χ2n) is 6.19. The van der Waals surface area contributed by atoms with Crippen molar-refractivity contribution in [3.8, 4) is 0 Å². The fourth-order valence-electron chi connectivity index (χ4n) is 2.77. The summed E-state index contributed by atoms with van der Waals surface area (Å²) < 4.78 is 18.4. The molecule has 0 saturated heterocycles. The molecule has 0 saturated carbocycles. The van der Waals surface area contributed by atoms with E-state index in [9.17, 15) is 14.0 Å². The number of anilines is 2. The normalized spacial score (nSPS) is 10.3. The van der Waals surface area contributed by atoms with Gasteiger partial charge in [-0.1, -0.05) is 30.3 Å². The van der Waals surface area contributed by atoms with E-state index in [4.69, 9.17) is 4.74 Å². The van der Waals surface area contributed by atoms with Gasteiger partial charge in [0.15, 0.2) is 0 Å². The van der Waals surface area contributed by atoms with Crippen LogP contribution in [-0.2, 0) is 11.2 Å². The zero-order valence-corrected chi connectivity index (χ0v) is 15.8. The number of pyridine rings is 1. The number of rotatable bonds is 7. The van der Waals surface area contributed by atoms with Gasteiger partial charge in [0.2, 0.25) is 0 Å². The van der Waals surface area contributed by atoms with E-state index in [-0.39, 0.29) is 17.3 Å². The maximum Gasteiger partial charge on any atom is 0.339 e. The molecule has 0 spiro atoms. The third kappa shape index (κ3) is 5.16. The van der Waals surface area contributed by atoms with E-state index in [1.54, 1.807) is 54.6 Å². The highest BCUT2D eigenvalue weighted by Gasteiger charge is 2.14. The van der Waals surface area contributed by atoms with Crippen LogP contribution in [-0.4, -0.2) is 30.5 Å². The summed E-state index contributed by atoms with van der Waals surface area (Å²) in [5, 5.41) is 5.80. The van der Waals surface area contributed by atoms with Crippen molar-refractivity contribution >= 4 is 23.4 Å². The summed E-state index contributed by atoms with van der Waals surface area (Å²) in [5.41, 5.74) is 1.59. The Morgan fingerprint density at radius 2 is 1.83 bits per heavy atom. The van der Waals surface area contributed by atoms with Crippen LogP contribution >= 0.6 is 0 Å². The van der Waals surface area contributed by atoms with E-state index in [1.165, 1.54) is 19.4 Å². The number of para-hydroxylation sites is 1. The van der Waals surface area contributed by atoms with Crippen LogP contribution in [0, 0.1) is 5.82 Å². The predicted molar refractivity (Wildman–Crippen MR) is 109 cm³/mol. The standard InChI is InChI=1S/C22H20FN3O3/c1-29-22(28)17-7-3-5-9-19(17)26-21(27)16-11-13-25-20(14-16)24-12-10-15-6-2-4-8-18(15)23/h2-9,11,13-14H,10,12H2,1H3,(H,24,25)(H,26,27). The quantitative estimate of drug-likeness (QED) is 0.595. The molecule has 0 fully saturated rings. The van der Waals surface area contributed by atoms with Gasteiger partial charge in [0.25, 0.3) is 5.91 Å². The summed E-state index contributed by atoms with van der Waals surface area (Å²) in [7, 11) is 1.28. The first kappa shape index (κ1) is 20.0. The van der Waals surface area contributed by atoms with E-state index in [0.29, 0.717) is 35.6 Å². The number of halogens is 1. The van der Waals surface area contributed by atoms with E-state index < -0.39 is 5.97 Å². The van der Waals surface area contributed by atoms with Crippen molar-refractivity contribution in [3.05, 3.63) is 89.4 Å². The number of carbonyl (C=O) groups is 2. The summed E-state index contributed by atoms with van der Waals surface area (Å²) >= 11 is 0. The number of hydrogen-bond donors (Lipinski definition) is 2. The van der Waals surface area contributed by atoms with Gasteiger partial charge in [0, 0.05) is 18.3 Å². The smallest absolute Gasteiger partial charge is 0.339 e. The van der Waals surface area contributed by atoms with E-state index in [1.807, 2.05) is 0 Å².